The molecule has 3 aliphatic carbocycles. The molecule has 0 heterocycles. The van der Waals surface area contributed by atoms with Crippen molar-refractivity contribution in [3.8, 4) is 0 Å². The van der Waals surface area contributed by atoms with Crippen LogP contribution in [0.15, 0.2) is 128 Å². The molecule has 0 amide bonds. The van der Waals surface area contributed by atoms with Gasteiger partial charge in [-0.3, -0.25) is 0 Å². The summed E-state index contributed by atoms with van der Waals surface area (Å²) in [4.78, 5) is 108. The van der Waals surface area contributed by atoms with Crippen molar-refractivity contribution in [2.45, 2.75) is 135 Å². The van der Waals surface area contributed by atoms with Crippen LogP contribution in [-0.2, 0) is 62.8 Å². The molecular formula is C61H73O15Si3. The molecule has 0 spiro atoms. The molecule has 0 aromatic heterocycles. The molecule has 3 saturated carbocycles. The Morgan fingerprint density at radius 1 is 0.405 bits per heavy atom. The summed E-state index contributed by atoms with van der Waals surface area (Å²) in [6.07, 6.45) is 5.47. The Bertz CT molecular complexity index is 2380. The Labute approximate surface area is 469 Å². The van der Waals surface area contributed by atoms with E-state index in [2.05, 4.69) is 39.5 Å². The van der Waals surface area contributed by atoms with E-state index < -0.39 is 81.1 Å². The molecule has 0 aliphatic heterocycles. The SMILES string of the molecule is C=C[Si](C=C)c1cc(CC)ccc1C(=O)OOC(=O)OC1CCC(C(C2CCC(OC(=O)OOC(=O)c3ccc(CC)cc3[Si](C=C)C=C)CC2)C2CCC(OC(=O)OOC(=O)c3ccc(CC)cc3[Si](C=C)C=C)CC2)CC1. The van der Waals surface area contributed by atoms with E-state index in [9.17, 15) is 28.8 Å². The van der Waals surface area contributed by atoms with Crippen molar-refractivity contribution in [2.24, 2.45) is 23.7 Å². The average Bonchev–Trinajstić information content (AvgIpc) is 3.48. The highest BCUT2D eigenvalue weighted by Gasteiger charge is 2.42. The van der Waals surface area contributed by atoms with E-state index in [1.165, 1.54) is 0 Å². The fourth-order valence-electron chi connectivity index (χ4n) is 11.3. The summed E-state index contributed by atoms with van der Waals surface area (Å²) < 4.78 is 17.1. The predicted molar refractivity (Wildman–Crippen MR) is 304 cm³/mol. The van der Waals surface area contributed by atoms with Crippen molar-refractivity contribution in [1.82, 2.24) is 0 Å². The van der Waals surface area contributed by atoms with Gasteiger partial charge >= 0.3 is 36.4 Å². The molecule has 0 bridgehead atoms. The summed E-state index contributed by atoms with van der Waals surface area (Å²) in [5, 5.41) is 2.21. The summed E-state index contributed by atoms with van der Waals surface area (Å²) >= 11 is 0. The number of carbonyl (C=O) groups is 6. The molecule has 79 heavy (non-hydrogen) atoms. The minimum absolute atomic E-state index is 0.235. The maximum atomic E-state index is 13.2. The first-order chi connectivity index (χ1) is 38.2. The maximum absolute atomic E-state index is 13.2. The van der Waals surface area contributed by atoms with E-state index in [-0.39, 0.29) is 40.4 Å². The molecule has 3 aromatic carbocycles. The second-order valence-corrected chi connectivity index (χ2v) is 26.7. The Morgan fingerprint density at radius 3 is 0.861 bits per heavy atom. The number of ether oxygens (including phenoxy) is 3. The van der Waals surface area contributed by atoms with Crippen LogP contribution in [0.3, 0.4) is 0 Å². The lowest BCUT2D eigenvalue weighted by Crippen LogP contribution is -2.40. The lowest BCUT2D eigenvalue weighted by Gasteiger charge is -2.45. The molecule has 419 valence electrons. The van der Waals surface area contributed by atoms with Gasteiger partial charge in [-0.1, -0.05) is 91.4 Å². The predicted octanol–water partition coefficient (Wildman–Crippen LogP) is 11.2. The van der Waals surface area contributed by atoms with Crippen LogP contribution in [0.2, 0.25) is 0 Å². The van der Waals surface area contributed by atoms with Gasteiger partial charge < -0.3 is 14.2 Å². The lowest BCUT2D eigenvalue weighted by molar-refractivity contribution is -0.209. The van der Waals surface area contributed by atoms with Crippen molar-refractivity contribution in [3.05, 3.63) is 162 Å². The van der Waals surface area contributed by atoms with E-state index in [1.54, 1.807) is 52.4 Å². The first kappa shape index (κ1) is 61.2. The monoisotopic (exact) mass is 1130 g/mol. The lowest BCUT2D eigenvalue weighted by atomic mass is 9.61. The van der Waals surface area contributed by atoms with Crippen LogP contribution >= 0.6 is 0 Å². The van der Waals surface area contributed by atoms with Crippen molar-refractivity contribution in [2.75, 3.05) is 0 Å². The minimum Gasteiger partial charge on any atom is -0.428 e. The molecule has 3 fully saturated rings. The molecule has 3 aliphatic rings. The second-order valence-electron chi connectivity index (χ2n) is 19.9. The largest absolute Gasteiger partial charge is 0.550 e. The molecule has 15 nitrogen and oxygen atoms in total. The Morgan fingerprint density at radius 2 is 0.646 bits per heavy atom. The summed E-state index contributed by atoms with van der Waals surface area (Å²) in [6, 6.07) is 16.2. The van der Waals surface area contributed by atoms with E-state index in [0.29, 0.717) is 38.5 Å². The minimum atomic E-state index is -1.48. The van der Waals surface area contributed by atoms with Gasteiger partial charge in [-0.2, -0.15) is 14.4 Å². The van der Waals surface area contributed by atoms with Crippen LogP contribution in [0.5, 0.6) is 0 Å². The Balaban J connectivity index is 1.05. The number of benzene rings is 3. The quantitative estimate of drug-likeness (QED) is 0.0322. The van der Waals surface area contributed by atoms with E-state index >= 15 is 0 Å². The van der Waals surface area contributed by atoms with Crippen molar-refractivity contribution in [3.63, 3.8) is 0 Å². The zero-order chi connectivity index (χ0) is 57.0. The Hall–Kier alpha value is -7.03. The first-order valence-corrected chi connectivity index (χ1v) is 32.2. The van der Waals surface area contributed by atoms with Crippen LogP contribution in [0.1, 0.15) is 146 Å². The van der Waals surface area contributed by atoms with Gasteiger partial charge in [0.2, 0.25) is 0 Å². The zero-order valence-electron chi connectivity index (χ0n) is 45.7. The topological polar surface area (TPSA) is 185 Å². The van der Waals surface area contributed by atoms with E-state index in [1.807, 2.05) is 57.2 Å². The third-order valence-electron chi connectivity index (χ3n) is 15.5. The average molecular weight is 1130 g/mol. The van der Waals surface area contributed by atoms with Crippen LogP contribution in [-0.4, -0.2) is 81.1 Å². The highest BCUT2D eigenvalue weighted by molar-refractivity contribution is 6.83. The van der Waals surface area contributed by atoms with Gasteiger partial charge in [-0.25, -0.2) is 43.7 Å². The maximum Gasteiger partial charge on any atom is 0.550 e. The second kappa shape index (κ2) is 30.4. The van der Waals surface area contributed by atoms with Crippen LogP contribution in [0.25, 0.3) is 0 Å². The summed E-state index contributed by atoms with van der Waals surface area (Å²) in [5.74, 6) is -1.47. The highest BCUT2D eigenvalue weighted by atomic mass is 28.3. The summed E-state index contributed by atoms with van der Waals surface area (Å²) in [6.45, 7) is 29.4. The van der Waals surface area contributed by atoms with Gasteiger partial charge in [0.25, 0.3) is 0 Å². The third-order valence-corrected chi connectivity index (χ3v) is 21.3. The smallest absolute Gasteiger partial charge is 0.428 e. The number of aryl methyl sites for hydroxylation is 3. The van der Waals surface area contributed by atoms with Crippen LogP contribution in [0, 0.1) is 23.7 Å². The molecular weight excluding hydrogens is 1060 g/mol. The van der Waals surface area contributed by atoms with Gasteiger partial charge in [0.05, 0.1) is 16.7 Å². The number of rotatable bonds is 21. The number of hydrogen-bond acceptors (Lipinski definition) is 15. The highest BCUT2D eigenvalue weighted by Crippen LogP contribution is 2.48. The van der Waals surface area contributed by atoms with Gasteiger partial charge in [0.15, 0.2) is 0 Å². The first-order valence-electron chi connectivity index (χ1n) is 27.2. The van der Waals surface area contributed by atoms with Crippen molar-refractivity contribution >= 4 is 78.3 Å². The van der Waals surface area contributed by atoms with Crippen LogP contribution in [0.4, 0.5) is 14.4 Å². The van der Waals surface area contributed by atoms with Gasteiger partial charge in [-0.05, 0) is 170 Å². The van der Waals surface area contributed by atoms with E-state index in [4.69, 9.17) is 43.5 Å². The number of hydrogen-bond donors (Lipinski definition) is 0. The van der Waals surface area contributed by atoms with Crippen molar-refractivity contribution in [1.29, 1.82) is 0 Å². The molecule has 3 aromatic rings. The number of carbonyl (C=O) groups excluding carboxylic acids is 6. The summed E-state index contributed by atoms with van der Waals surface area (Å²) in [5.41, 5.74) is 14.5. The normalized spacial score (nSPS) is 20.3. The molecule has 18 heteroatoms. The third kappa shape index (κ3) is 16.5. The van der Waals surface area contributed by atoms with Gasteiger partial charge in [0, 0.05) is 0 Å². The molecule has 3 radical (unpaired) electrons. The molecule has 0 N–H and O–H groups in total. The molecule has 0 atom stereocenters. The summed E-state index contributed by atoms with van der Waals surface area (Å²) in [7, 11) is -4.44. The van der Waals surface area contributed by atoms with Gasteiger partial charge in [0.1, 0.15) is 44.7 Å². The molecule has 0 saturated heterocycles. The molecule has 0 unspecified atom stereocenters. The fraction of sp³-hybridized carbons (Fsp3) is 0.410. The van der Waals surface area contributed by atoms with E-state index in [0.717, 1.165) is 90.0 Å². The van der Waals surface area contributed by atoms with Gasteiger partial charge in [-0.15, -0.1) is 39.5 Å². The standard InChI is InChI=1S/C61H73O15Si3/c1-10-40-19-34-49(52(37-40)77(13-4)14-5)56(62)71-74-59(65)68-46-28-22-43(23-29-46)55(44-24-30-47(31-25-44)69-60(66)75-72-57(63)50-35-20-41(11-2)38-53(50)78(15-6)16-7)45-26-32-48(33-27-45)70-61(67)76-73-58(64)51-36-21-42(12-3)39-54(51)79(17-8)18-9/h13-21,34-39,43-48,55H,4-12,22-33H2,1-3H3. The fourth-order valence-corrected chi connectivity index (χ4v) is 15.7. The molecule has 6 rings (SSSR count). The van der Waals surface area contributed by atoms with Crippen molar-refractivity contribution < 1.29 is 72.3 Å². The zero-order valence-corrected chi connectivity index (χ0v) is 48.7. The Kier molecular flexibility index (Phi) is 23.5. The van der Waals surface area contributed by atoms with Crippen LogP contribution < -0.4 is 15.6 Å².